The van der Waals surface area contributed by atoms with Crippen LogP contribution in [0, 0.1) is 0 Å². The third-order valence-electron chi connectivity index (χ3n) is 3.93. The molecule has 0 unspecified atom stereocenters. The molecule has 30 heavy (non-hydrogen) atoms. The summed E-state index contributed by atoms with van der Waals surface area (Å²) in [4.78, 5) is 34.5. The van der Waals surface area contributed by atoms with Gasteiger partial charge < -0.3 is 15.4 Å². The molecule has 0 aliphatic carbocycles. The van der Waals surface area contributed by atoms with Gasteiger partial charge in [-0.1, -0.05) is 11.6 Å². The molecular formula is C20H21ClN2O6S. The standard InChI is InChI=1S/C20H21ClN2O6S/c1-12(24)22-14-5-7-15(8-6-14)30(27,28)16-9-10-18(17(21)11-16)23-19(26)20(3,4)29-13(2)25/h5-11H,1-4H3,(H,22,24)(H,23,26). The van der Waals surface area contributed by atoms with Crippen LogP contribution in [0.4, 0.5) is 11.4 Å². The lowest BCUT2D eigenvalue weighted by Crippen LogP contribution is -2.41. The van der Waals surface area contributed by atoms with Crippen molar-refractivity contribution in [2.75, 3.05) is 10.6 Å². The number of carbonyl (C=O) groups excluding carboxylic acids is 3. The molecule has 0 radical (unpaired) electrons. The lowest BCUT2D eigenvalue weighted by molar-refractivity contribution is -0.160. The van der Waals surface area contributed by atoms with Gasteiger partial charge >= 0.3 is 5.97 Å². The Bertz CT molecular complexity index is 1090. The summed E-state index contributed by atoms with van der Waals surface area (Å²) in [5, 5.41) is 5.07. The number of benzene rings is 2. The molecule has 2 N–H and O–H groups in total. The number of rotatable bonds is 6. The Morgan fingerprint density at radius 2 is 1.50 bits per heavy atom. The first-order chi connectivity index (χ1) is 13.8. The summed E-state index contributed by atoms with van der Waals surface area (Å²) < 4.78 is 30.7. The minimum Gasteiger partial charge on any atom is -0.450 e. The van der Waals surface area contributed by atoms with Crippen LogP contribution in [-0.2, 0) is 29.0 Å². The van der Waals surface area contributed by atoms with Crippen molar-refractivity contribution in [2.24, 2.45) is 0 Å². The lowest BCUT2D eigenvalue weighted by Gasteiger charge is -2.23. The minimum absolute atomic E-state index is 0.00193. The Kier molecular flexibility index (Phi) is 6.89. The molecule has 10 heteroatoms. The third kappa shape index (κ3) is 5.58. The van der Waals surface area contributed by atoms with Gasteiger partial charge in [0.2, 0.25) is 15.7 Å². The highest BCUT2D eigenvalue weighted by Crippen LogP contribution is 2.30. The van der Waals surface area contributed by atoms with E-state index in [1.807, 2.05) is 0 Å². The highest BCUT2D eigenvalue weighted by Gasteiger charge is 2.31. The Balaban J connectivity index is 2.26. The van der Waals surface area contributed by atoms with Crippen LogP contribution in [0.15, 0.2) is 52.3 Å². The summed E-state index contributed by atoms with van der Waals surface area (Å²) in [6.45, 7) is 5.37. The van der Waals surface area contributed by atoms with Crippen molar-refractivity contribution >= 4 is 50.6 Å². The molecule has 0 fully saturated rings. The molecule has 0 aliphatic heterocycles. The molecule has 0 aliphatic rings. The van der Waals surface area contributed by atoms with Crippen molar-refractivity contribution in [3.63, 3.8) is 0 Å². The predicted octanol–water partition coefficient (Wildman–Crippen LogP) is 3.41. The third-order valence-corrected chi connectivity index (χ3v) is 6.01. The summed E-state index contributed by atoms with van der Waals surface area (Å²) in [6, 6.07) is 9.55. The van der Waals surface area contributed by atoms with E-state index in [2.05, 4.69) is 10.6 Å². The largest absolute Gasteiger partial charge is 0.450 e. The number of hydrogen-bond acceptors (Lipinski definition) is 6. The van der Waals surface area contributed by atoms with Crippen LogP contribution >= 0.6 is 11.6 Å². The Morgan fingerprint density at radius 3 is 2.00 bits per heavy atom. The Labute approximate surface area is 179 Å². The van der Waals surface area contributed by atoms with Crippen LogP contribution in [0.2, 0.25) is 5.02 Å². The van der Waals surface area contributed by atoms with Gasteiger partial charge in [0.05, 0.1) is 20.5 Å². The minimum atomic E-state index is -3.88. The predicted molar refractivity (Wildman–Crippen MR) is 112 cm³/mol. The van der Waals surface area contributed by atoms with E-state index in [1.165, 1.54) is 70.2 Å². The number of sulfone groups is 1. The second-order valence-corrected chi connectivity index (χ2v) is 9.27. The summed E-state index contributed by atoms with van der Waals surface area (Å²) in [7, 11) is -3.88. The van der Waals surface area contributed by atoms with Gasteiger partial charge in [0.25, 0.3) is 5.91 Å². The van der Waals surface area contributed by atoms with Crippen LogP contribution in [0.3, 0.4) is 0 Å². The quantitative estimate of drug-likeness (QED) is 0.648. The topological polar surface area (TPSA) is 119 Å². The fraction of sp³-hybridized carbons (Fsp3) is 0.250. The number of carbonyl (C=O) groups is 3. The summed E-state index contributed by atoms with van der Waals surface area (Å²) in [5.74, 6) is -1.51. The van der Waals surface area contributed by atoms with Crippen molar-refractivity contribution in [1.29, 1.82) is 0 Å². The normalized spacial score (nSPS) is 11.5. The maximum absolute atomic E-state index is 12.8. The maximum atomic E-state index is 12.8. The summed E-state index contributed by atoms with van der Waals surface area (Å²) in [6.07, 6.45) is 0. The molecule has 2 aromatic rings. The molecule has 0 spiro atoms. The second kappa shape index (κ2) is 8.85. The summed E-state index contributed by atoms with van der Waals surface area (Å²) >= 11 is 6.17. The summed E-state index contributed by atoms with van der Waals surface area (Å²) in [5.41, 5.74) is -0.801. The average Bonchev–Trinajstić information content (AvgIpc) is 2.62. The molecule has 8 nitrogen and oxygen atoms in total. The second-order valence-electron chi connectivity index (χ2n) is 6.91. The molecule has 0 saturated carbocycles. The first-order valence-electron chi connectivity index (χ1n) is 8.76. The van der Waals surface area contributed by atoms with Gasteiger partial charge in [-0.2, -0.15) is 0 Å². The van der Waals surface area contributed by atoms with E-state index in [4.69, 9.17) is 16.3 Å². The molecule has 0 atom stereocenters. The highest BCUT2D eigenvalue weighted by molar-refractivity contribution is 7.91. The zero-order valence-corrected chi connectivity index (χ0v) is 18.3. The van der Waals surface area contributed by atoms with Crippen molar-refractivity contribution in [1.82, 2.24) is 0 Å². The molecule has 0 aromatic heterocycles. The van der Waals surface area contributed by atoms with Gasteiger partial charge in [-0.3, -0.25) is 14.4 Å². The lowest BCUT2D eigenvalue weighted by atomic mass is 10.1. The van der Waals surface area contributed by atoms with Crippen molar-refractivity contribution in [2.45, 2.75) is 43.1 Å². The first-order valence-corrected chi connectivity index (χ1v) is 10.6. The average molecular weight is 453 g/mol. The molecule has 0 heterocycles. The fourth-order valence-electron chi connectivity index (χ4n) is 2.50. The van der Waals surface area contributed by atoms with Gasteiger partial charge in [0.1, 0.15) is 0 Å². The number of hydrogen-bond donors (Lipinski definition) is 2. The van der Waals surface area contributed by atoms with E-state index in [9.17, 15) is 22.8 Å². The van der Waals surface area contributed by atoms with Crippen LogP contribution in [-0.4, -0.2) is 31.8 Å². The van der Waals surface area contributed by atoms with E-state index in [0.29, 0.717) is 5.69 Å². The Morgan fingerprint density at radius 1 is 0.933 bits per heavy atom. The van der Waals surface area contributed by atoms with Gasteiger partial charge in [-0.25, -0.2) is 8.42 Å². The van der Waals surface area contributed by atoms with E-state index < -0.39 is 27.3 Å². The van der Waals surface area contributed by atoms with E-state index in [0.717, 1.165) is 0 Å². The SMILES string of the molecule is CC(=O)Nc1ccc(S(=O)(=O)c2ccc(NC(=O)C(C)(C)OC(C)=O)c(Cl)c2)cc1. The molecule has 0 bridgehead atoms. The number of esters is 1. The van der Waals surface area contributed by atoms with Gasteiger partial charge in [0.15, 0.2) is 5.60 Å². The van der Waals surface area contributed by atoms with E-state index in [-0.39, 0.29) is 26.4 Å². The molecule has 160 valence electrons. The van der Waals surface area contributed by atoms with Crippen molar-refractivity contribution in [3.05, 3.63) is 47.5 Å². The molecule has 2 rings (SSSR count). The van der Waals surface area contributed by atoms with Gasteiger partial charge in [-0.15, -0.1) is 0 Å². The molecule has 0 saturated heterocycles. The Hall–Kier alpha value is -2.91. The number of halogens is 1. The van der Waals surface area contributed by atoms with E-state index in [1.54, 1.807) is 0 Å². The van der Waals surface area contributed by atoms with Crippen LogP contribution in [0.5, 0.6) is 0 Å². The van der Waals surface area contributed by atoms with Crippen LogP contribution in [0.1, 0.15) is 27.7 Å². The molecule has 2 aromatic carbocycles. The number of ether oxygens (including phenoxy) is 1. The smallest absolute Gasteiger partial charge is 0.303 e. The fourth-order valence-corrected chi connectivity index (χ4v) is 4.08. The van der Waals surface area contributed by atoms with Crippen molar-refractivity contribution in [3.8, 4) is 0 Å². The number of amides is 2. The van der Waals surface area contributed by atoms with Gasteiger partial charge in [0, 0.05) is 19.5 Å². The van der Waals surface area contributed by atoms with Crippen LogP contribution in [0.25, 0.3) is 0 Å². The zero-order chi connectivity index (χ0) is 22.7. The monoisotopic (exact) mass is 452 g/mol. The highest BCUT2D eigenvalue weighted by atomic mass is 35.5. The maximum Gasteiger partial charge on any atom is 0.303 e. The molecular weight excluding hydrogens is 432 g/mol. The number of nitrogens with one attached hydrogen (secondary N) is 2. The van der Waals surface area contributed by atoms with E-state index >= 15 is 0 Å². The van der Waals surface area contributed by atoms with Gasteiger partial charge in [-0.05, 0) is 56.3 Å². The first kappa shape index (κ1) is 23.4. The van der Waals surface area contributed by atoms with Crippen LogP contribution < -0.4 is 10.6 Å². The molecule has 2 amide bonds. The van der Waals surface area contributed by atoms with Crippen molar-refractivity contribution < 1.29 is 27.5 Å². The zero-order valence-electron chi connectivity index (χ0n) is 16.8. The number of anilines is 2.